The van der Waals surface area contributed by atoms with Crippen molar-refractivity contribution in [1.29, 1.82) is 0 Å². The minimum atomic E-state index is -0.865. The highest BCUT2D eigenvalue weighted by Crippen LogP contribution is 2.42. The van der Waals surface area contributed by atoms with Gasteiger partial charge in [-0.05, 0) is 67.4 Å². The zero-order chi connectivity index (χ0) is 21.8. The van der Waals surface area contributed by atoms with Gasteiger partial charge in [0.05, 0.1) is 5.56 Å². The molecule has 0 bridgehead atoms. The average molecular weight is 419 g/mol. The van der Waals surface area contributed by atoms with E-state index in [1.165, 1.54) is 30.4 Å². The first-order chi connectivity index (χ1) is 15.0. The lowest BCUT2D eigenvalue weighted by Crippen LogP contribution is -2.43. The van der Waals surface area contributed by atoms with Gasteiger partial charge in [0.1, 0.15) is 0 Å². The SMILES string of the molecule is CC(C)/C(=C\c1ccccc1)[C@@H]1C[C@H]1NC1CCN(Cc2ccc(C(=O)O)cc2)CC1. The molecule has 1 saturated heterocycles. The molecule has 4 heteroatoms. The lowest BCUT2D eigenvalue weighted by atomic mass is 9.95. The first-order valence-corrected chi connectivity index (χ1v) is 11.6. The third kappa shape index (κ3) is 5.84. The van der Waals surface area contributed by atoms with Crippen LogP contribution in [-0.2, 0) is 6.54 Å². The minimum Gasteiger partial charge on any atom is -0.478 e. The Morgan fingerprint density at radius 3 is 2.39 bits per heavy atom. The molecule has 31 heavy (non-hydrogen) atoms. The summed E-state index contributed by atoms with van der Waals surface area (Å²) in [4.78, 5) is 13.5. The largest absolute Gasteiger partial charge is 0.478 e. The fourth-order valence-corrected chi connectivity index (χ4v) is 4.76. The molecule has 4 nitrogen and oxygen atoms in total. The zero-order valence-electron chi connectivity index (χ0n) is 18.6. The lowest BCUT2D eigenvalue weighted by Gasteiger charge is -2.32. The molecule has 2 atom stereocenters. The van der Waals surface area contributed by atoms with Crippen LogP contribution < -0.4 is 5.32 Å². The Morgan fingerprint density at radius 2 is 1.77 bits per heavy atom. The first-order valence-electron chi connectivity index (χ1n) is 11.6. The molecular formula is C27H34N2O2. The number of hydrogen-bond acceptors (Lipinski definition) is 3. The Hall–Kier alpha value is -2.43. The van der Waals surface area contributed by atoms with Crippen molar-refractivity contribution in [1.82, 2.24) is 10.2 Å². The van der Waals surface area contributed by atoms with E-state index < -0.39 is 5.97 Å². The summed E-state index contributed by atoms with van der Waals surface area (Å²) in [5.41, 5.74) is 4.42. The number of benzene rings is 2. The molecule has 2 aromatic rings. The van der Waals surface area contributed by atoms with Crippen LogP contribution in [0.15, 0.2) is 60.2 Å². The molecule has 2 fully saturated rings. The van der Waals surface area contributed by atoms with Gasteiger partial charge in [0, 0.05) is 18.6 Å². The summed E-state index contributed by atoms with van der Waals surface area (Å²) in [6.07, 6.45) is 6.01. The minimum absolute atomic E-state index is 0.354. The van der Waals surface area contributed by atoms with Crippen molar-refractivity contribution in [2.24, 2.45) is 11.8 Å². The highest BCUT2D eigenvalue weighted by Gasteiger charge is 2.41. The van der Waals surface area contributed by atoms with Crippen molar-refractivity contribution >= 4 is 12.0 Å². The van der Waals surface area contributed by atoms with Crippen LogP contribution in [-0.4, -0.2) is 41.1 Å². The van der Waals surface area contributed by atoms with E-state index >= 15 is 0 Å². The van der Waals surface area contributed by atoms with E-state index in [0.717, 1.165) is 19.6 Å². The van der Waals surface area contributed by atoms with E-state index in [-0.39, 0.29) is 0 Å². The Kier molecular flexibility index (Phi) is 6.89. The van der Waals surface area contributed by atoms with E-state index in [0.29, 0.717) is 29.5 Å². The molecule has 0 spiro atoms. The van der Waals surface area contributed by atoms with E-state index in [2.05, 4.69) is 60.5 Å². The van der Waals surface area contributed by atoms with Gasteiger partial charge in [0.2, 0.25) is 0 Å². The number of rotatable bonds is 8. The molecule has 0 radical (unpaired) electrons. The highest BCUT2D eigenvalue weighted by atomic mass is 16.4. The Bertz CT molecular complexity index is 897. The number of hydrogen-bond donors (Lipinski definition) is 2. The summed E-state index contributed by atoms with van der Waals surface area (Å²) in [5.74, 6) is 0.383. The lowest BCUT2D eigenvalue weighted by molar-refractivity contribution is 0.0697. The van der Waals surface area contributed by atoms with Gasteiger partial charge in [-0.2, -0.15) is 0 Å². The third-order valence-electron chi connectivity index (χ3n) is 6.66. The van der Waals surface area contributed by atoms with Crippen molar-refractivity contribution in [3.8, 4) is 0 Å². The summed E-state index contributed by atoms with van der Waals surface area (Å²) >= 11 is 0. The van der Waals surface area contributed by atoms with Crippen molar-refractivity contribution in [2.45, 2.75) is 51.7 Å². The van der Waals surface area contributed by atoms with Gasteiger partial charge in [-0.3, -0.25) is 4.90 Å². The van der Waals surface area contributed by atoms with Crippen LogP contribution >= 0.6 is 0 Å². The number of nitrogens with one attached hydrogen (secondary N) is 1. The molecule has 1 aliphatic heterocycles. The molecule has 0 unspecified atom stereocenters. The van der Waals surface area contributed by atoms with E-state index in [9.17, 15) is 4.79 Å². The standard InChI is InChI=1S/C27H34N2O2/c1-19(2)24(16-20-6-4-3-5-7-20)25-17-26(25)28-23-12-14-29(15-13-23)18-21-8-10-22(11-9-21)27(30)31/h3-11,16,19,23,25-26,28H,12-15,17-18H2,1-2H3,(H,30,31)/b24-16+/t25-,26+/m0/s1. The van der Waals surface area contributed by atoms with Gasteiger partial charge in [0.25, 0.3) is 0 Å². The summed E-state index contributed by atoms with van der Waals surface area (Å²) in [5, 5.41) is 13.0. The van der Waals surface area contributed by atoms with Crippen LogP contribution in [0.25, 0.3) is 6.08 Å². The molecule has 0 aromatic heterocycles. The topological polar surface area (TPSA) is 52.6 Å². The molecule has 1 aliphatic carbocycles. The first kappa shape index (κ1) is 21.8. The van der Waals surface area contributed by atoms with Gasteiger partial charge < -0.3 is 10.4 Å². The van der Waals surface area contributed by atoms with E-state index in [4.69, 9.17) is 5.11 Å². The molecule has 4 rings (SSSR count). The van der Waals surface area contributed by atoms with Crippen LogP contribution in [0, 0.1) is 11.8 Å². The van der Waals surface area contributed by atoms with Gasteiger partial charge in [-0.15, -0.1) is 0 Å². The summed E-state index contributed by atoms with van der Waals surface area (Å²) in [6.45, 7) is 7.70. The Labute approximate surface area is 186 Å². The number of likely N-dealkylation sites (tertiary alicyclic amines) is 1. The maximum atomic E-state index is 11.0. The molecule has 164 valence electrons. The second-order valence-corrected chi connectivity index (χ2v) is 9.38. The second kappa shape index (κ2) is 9.80. The van der Waals surface area contributed by atoms with Gasteiger partial charge >= 0.3 is 5.97 Å². The summed E-state index contributed by atoms with van der Waals surface area (Å²) in [7, 11) is 0. The summed E-state index contributed by atoms with van der Waals surface area (Å²) in [6, 6.07) is 19.2. The monoisotopic (exact) mass is 418 g/mol. The number of carboxylic acids is 1. The maximum Gasteiger partial charge on any atom is 0.335 e. The second-order valence-electron chi connectivity index (χ2n) is 9.38. The predicted molar refractivity (Wildman–Crippen MR) is 126 cm³/mol. The van der Waals surface area contributed by atoms with Gasteiger partial charge in [-0.25, -0.2) is 4.79 Å². The Balaban J connectivity index is 1.25. The molecule has 1 heterocycles. The molecule has 2 aliphatic rings. The van der Waals surface area contributed by atoms with E-state index in [1.54, 1.807) is 17.7 Å². The fourth-order valence-electron chi connectivity index (χ4n) is 4.76. The quantitative estimate of drug-likeness (QED) is 0.629. The van der Waals surface area contributed by atoms with Crippen molar-refractivity contribution in [3.05, 3.63) is 76.9 Å². The zero-order valence-corrected chi connectivity index (χ0v) is 18.6. The number of carboxylic acid groups (broad SMARTS) is 1. The summed E-state index contributed by atoms with van der Waals surface area (Å²) < 4.78 is 0. The van der Waals surface area contributed by atoms with Crippen LogP contribution in [0.1, 0.15) is 54.6 Å². The smallest absolute Gasteiger partial charge is 0.335 e. The van der Waals surface area contributed by atoms with Gasteiger partial charge in [0.15, 0.2) is 0 Å². The number of nitrogens with zero attached hydrogens (tertiary/aromatic N) is 1. The van der Waals surface area contributed by atoms with Crippen molar-refractivity contribution in [3.63, 3.8) is 0 Å². The predicted octanol–water partition coefficient (Wildman–Crippen LogP) is 5.07. The molecule has 2 aromatic carbocycles. The van der Waals surface area contributed by atoms with Crippen LogP contribution in [0.3, 0.4) is 0 Å². The maximum absolute atomic E-state index is 11.0. The van der Waals surface area contributed by atoms with Crippen LogP contribution in [0.4, 0.5) is 0 Å². The highest BCUT2D eigenvalue weighted by molar-refractivity contribution is 5.87. The third-order valence-corrected chi connectivity index (χ3v) is 6.66. The number of carbonyl (C=O) groups is 1. The van der Waals surface area contributed by atoms with E-state index in [1.807, 2.05) is 12.1 Å². The molecule has 1 saturated carbocycles. The molecule has 2 N–H and O–H groups in total. The average Bonchev–Trinajstić information content (AvgIpc) is 3.53. The number of aromatic carboxylic acids is 1. The van der Waals surface area contributed by atoms with Crippen LogP contribution in [0.5, 0.6) is 0 Å². The molecule has 0 amide bonds. The van der Waals surface area contributed by atoms with Gasteiger partial charge in [-0.1, -0.05) is 68.0 Å². The van der Waals surface area contributed by atoms with Crippen molar-refractivity contribution < 1.29 is 9.90 Å². The van der Waals surface area contributed by atoms with Crippen LogP contribution in [0.2, 0.25) is 0 Å². The number of piperidine rings is 1. The fraction of sp³-hybridized carbons (Fsp3) is 0.444. The molecular weight excluding hydrogens is 384 g/mol. The Morgan fingerprint density at radius 1 is 1.10 bits per heavy atom. The van der Waals surface area contributed by atoms with Crippen molar-refractivity contribution in [2.75, 3.05) is 13.1 Å². The normalized spacial score (nSPS) is 22.6.